The molecule has 7 heteroatoms. The van der Waals surface area contributed by atoms with Crippen molar-refractivity contribution < 1.29 is 24.1 Å². The Hall–Kier alpha value is -4.62. The summed E-state index contributed by atoms with van der Waals surface area (Å²) in [6, 6.07) is 33.1. The Bertz CT molecular complexity index is 1520. The summed E-state index contributed by atoms with van der Waals surface area (Å²) in [4.78, 5) is 16.7. The smallest absolute Gasteiger partial charge is 0.341 e. The Labute approximate surface area is 224 Å². The van der Waals surface area contributed by atoms with Gasteiger partial charge in [0, 0.05) is 5.56 Å². The second kappa shape index (κ2) is 11.6. The maximum Gasteiger partial charge on any atom is 0.341 e. The first-order valence-electron chi connectivity index (χ1n) is 12.0. The zero-order chi connectivity index (χ0) is 26.3. The van der Waals surface area contributed by atoms with Crippen LogP contribution in [0.2, 0.25) is 0 Å². The first-order chi connectivity index (χ1) is 18.5. The molecule has 0 saturated heterocycles. The quantitative estimate of drug-likeness (QED) is 0.203. The van der Waals surface area contributed by atoms with Gasteiger partial charge in [0.05, 0.1) is 10.6 Å². The molecule has 0 atom stereocenters. The molecule has 5 rings (SSSR count). The first kappa shape index (κ1) is 25.0. The normalized spacial score (nSPS) is 10.7. The van der Waals surface area contributed by atoms with Crippen LogP contribution in [-0.4, -0.2) is 22.7 Å². The number of carbonyl (C=O) groups is 1. The van der Waals surface area contributed by atoms with Crippen molar-refractivity contribution in [2.45, 2.75) is 13.5 Å². The van der Waals surface area contributed by atoms with E-state index in [1.54, 1.807) is 23.5 Å². The van der Waals surface area contributed by atoms with E-state index in [1.807, 2.05) is 85.8 Å². The molecule has 0 bridgehead atoms. The van der Waals surface area contributed by atoms with E-state index < -0.39 is 5.97 Å². The van der Waals surface area contributed by atoms with Gasteiger partial charge in [-0.3, -0.25) is 0 Å². The number of aliphatic carboxylic acids is 1. The van der Waals surface area contributed by atoms with E-state index in [0.717, 1.165) is 43.8 Å². The molecule has 0 unspecified atom stereocenters. The Balaban J connectivity index is 1.36. The molecule has 4 aromatic carbocycles. The predicted molar refractivity (Wildman–Crippen MR) is 148 cm³/mol. The number of ether oxygens (including phenoxy) is 3. The number of carboxylic acids is 1. The number of para-hydroxylation sites is 1. The lowest BCUT2D eigenvalue weighted by molar-refractivity contribution is -0.139. The van der Waals surface area contributed by atoms with Gasteiger partial charge in [0.1, 0.15) is 34.6 Å². The van der Waals surface area contributed by atoms with Gasteiger partial charge in [0.25, 0.3) is 0 Å². The number of thiazole rings is 1. The monoisotopic (exact) mass is 523 g/mol. The predicted octanol–water partition coefficient (Wildman–Crippen LogP) is 7.62. The van der Waals surface area contributed by atoms with Crippen LogP contribution >= 0.6 is 11.3 Å². The molecule has 0 radical (unpaired) electrons. The summed E-state index contributed by atoms with van der Waals surface area (Å²) in [6.07, 6.45) is 0. The third kappa shape index (κ3) is 6.19. The van der Waals surface area contributed by atoms with Crippen molar-refractivity contribution in [2.75, 3.05) is 6.61 Å². The molecule has 0 spiro atoms. The summed E-state index contributed by atoms with van der Waals surface area (Å²) in [6.45, 7) is 1.77. The van der Waals surface area contributed by atoms with Crippen LogP contribution in [0.15, 0.2) is 103 Å². The average molecular weight is 524 g/mol. The van der Waals surface area contributed by atoms with Gasteiger partial charge in [-0.1, -0.05) is 48.5 Å². The fourth-order valence-electron chi connectivity index (χ4n) is 3.87. The zero-order valence-corrected chi connectivity index (χ0v) is 21.5. The van der Waals surface area contributed by atoms with Crippen molar-refractivity contribution in [1.29, 1.82) is 0 Å². The molecule has 38 heavy (non-hydrogen) atoms. The molecular weight excluding hydrogens is 498 g/mol. The summed E-state index contributed by atoms with van der Waals surface area (Å²) >= 11 is 1.59. The Morgan fingerprint density at radius 1 is 0.789 bits per heavy atom. The summed E-state index contributed by atoms with van der Waals surface area (Å²) in [5.41, 5.74) is 3.78. The molecule has 0 saturated carbocycles. The Kier molecular flexibility index (Phi) is 7.66. The molecule has 5 aromatic rings. The number of nitrogens with zero attached hydrogens (tertiary/aromatic N) is 1. The fraction of sp³-hybridized carbons (Fsp3) is 0.0968. The van der Waals surface area contributed by atoms with E-state index in [2.05, 4.69) is 12.1 Å². The molecular formula is C31H25NO5S. The van der Waals surface area contributed by atoms with Gasteiger partial charge < -0.3 is 19.3 Å². The molecule has 190 valence electrons. The van der Waals surface area contributed by atoms with Crippen LogP contribution in [0.25, 0.3) is 21.7 Å². The van der Waals surface area contributed by atoms with E-state index in [0.29, 0.717) is 18.1 Å². The van der Waals surface area contributed by atoms with Crippen LogP contribution in [0, 0.1) is 6.92 Å². The van der Waals surface area contributed by atoms with Crippen molar-refractivity contribution in [2.24, 2.45) is 0 Å². The number of benzene rings is 4. The van der Waals surface area contributed by atoms with Gasteiger partial charge in [-0.15, -0.1) is 11.3 Å². The highest BCUT2D eigenvalue weighted by molar-refractivity contribution is 7.15. The van der Waals surface area contributed by atoms with Gasteiger partial charge in [-0.05, 0) is 72.6 Å². The van der Waals surface area contributed by atoms with E-state index in [9.17, 15) is 4.79 Å². The first-order valence-corrected chi connectivity index (χ1v) is 12.8. The standard InChI is InChI=1S/C31H25NO5S/c1-21-18-26(16-17-27(21)36-20-29(33)34)35-19-28-32-30(22-8-4-2-5-9-22)31(38-28)23-12-14-25(15-13-23)37-24-10-6-3-7-11-24/h2-18H,19-20H2,1H3,(H,33,34). The zero-order valence-electron chi connectivity index (χ0n) is 20.7. The number of aromatic nitrogens is 1. The van der Waals surface area contributed by atoms with Crippen LogP contribution in [0.1, 0.15) is 10.6 Å². The van der Waals surface area contributed by atoms with Gasteiger partial charge in [0.15, 0.2) is 6.61 Å². The van der Waals surface area contributed by atoms with Gasteiger partial charge in [-0.2, -0.15) is 0 Å². The number of carboxylic acid groups (broad SMARTS) is 1. The van der Waals surface area contributed by atoms with E-state index >= 15 is 0 Å². The molecule has 6 nitrogen and oxygen atoms in total. The minimum atomic E-state index is -1.02. The topological polar surface area (TPSA) is 77.9 Å². The third-order valence-electron chi connectivity index (χ3n) is 5.67. The average Bonchev–Trinajstić information content (AvgIpc) is 3.37. The van der Waals surface area contributed by atoms with Gasteiger partial charge in [-0.25, -0.2) is 9.78 Å². The Morgan fingerprint density at radius 2 is 1.45 bits per heavy atom. The maximum atomic E-state index is 10.8. The number of hydrogen-bond donors (Lipinski definition) is 1. The van der Waals surface area contributed by atoms with Crippen molar-refractivity contribution >= 4 is 17.3 Å². The largest absolute Gasteiger partial charge is 0.486 e. The number of rotatable bonds is 10. The molecule has 0 aliphatic carbocycles. The summed E-state index contributed by atoms with van der Waals surface area (Å²) in [7, 11) is 0. The van der Waals surface area contributed by atoms with E-state index in [1.165, 1.54) is 0 Å². The lowest BCUT2D eigenvalue weighted by Crippen LogP contribution is -2.10. The Morgan fingerprint density at radius 3 is 2.13 bits per heavy atom. The SMILES string of the molecule is Cc1cc(OCc2nc(-c3ccccc3)c(-c3ccc(Oc4ccccc4)cc3)s2)ccc1OCC(=O)O. The summed E-state index contributed by atoms with van der Waals surface area (Å²) in [5, 5.41) is 9.67. The highest BCUT2D eigenvalue weighted by atomic mass is 32.1. The molecule has 0 amide bonds. The van der Waals surface area contributed by atoms with E-state index in [-0.39, 0.29) is 6.61 Å². The third-order valence-corrected chi connectivity index (χ3v) is 6.75. The molecule has 0 fully saturated rings. The number of aryl methyl sites for hydroxylation is 1. The van der Waals surface area contributed by atoms with Gasteiger partial charge >= 0.3 is 5.97 Å². The summed E-state index contributed by atoms with van der Waals surface area (Å²) in [5.74, 6) is 1.71. The molecule has 1 heterocycles. The minimum Gasteiger partial charge on any atom is -0.486 e. The van der Waals surface area contributed by atoms with Crippen LogP contribution in [0.5, 0.6) is 23.0 Å². The second-order valence-electron chi connectivity index (χ2n) is 8.49. The van der Waals surface area contributed by atoms with Crippen molar-refractivity contribution in [3.8, 4) is 44.7 Å². The fourth-order valence-corrected chi connectivity index (χ4v) is 4.88. The molecule has 1 N–H and O–H groups in total. The highest BCUT2D eigenvalue weighted by Crippen LogP contribution is 2.38. The second-order valence-corrected chi connectivity index (χ2v) is 9.57. The number of hydrogen-bond acceptors (Lipinski definition) is 6. The molecule has 0 aliphatic rings. The molecule has 0 aliphatic heterocycles. The van der Waals surface area contributed by atoms with Crippen LogP contribution in [0.3, 0.4) is 0 Å². The highest BCUT2D eigenvalue weighted by Gasteiger charge is 2.16. The van der Waals surface area contributed by atoms with Crippen molar-refractivity contribution in [1.82, 2.24) is 4.98 Å². The van der Waals surface area contributed by atoms with Crippen LogP contribution in [0.4, 0.5) is 0 Å². The van der Waals surface area contributed by atoms with Crippen molar-refractivity contribution in [3.05, 3.63) is 114 Å². The maximum absolute atomic E-state index is 10.8. The lowest BCUT2D eigenvalue weighted by atomic mass is 10.1. The van der Waals surface area contributed by atoms with Crippen LogP contribution in [-0.2, 0) is 11.4 Å². The minimum absolute atomic E-state index is 0.300. The lowest BCUT2D eigenvalue weighted by Gasteiger charge is -2.09. The van der Waals surface area contributed by atoms with Crippen molar-refractivity contribution in [3.63, 3.8) is 0 Å². The van der Waals surface area contributed by atoms with E-state index in [4.69, 9.17) is 24.3 Å². The summed E-state index contributed by atoms with van der Waals surface area (Å²) < 4.78 is 17.3. The van der Waals surface area contributed by atoms with Gasteiger partial charge in [0.2, 0.25) is 0 Å². The van der Waals surface area contributed by atoms with Crippen LogP contribution < -0.4 is 14.2 Å². The molecule has 1 aromatic heterocycles.